The van der Waals surface area contributed by atoms with Gasteiger partial charge in [-0.05, 0) is 24.6 Å². The summed E-state index contributed by atoms with van der Waals surface area (Å²) in [4.78, 5) is 12.1. The summed E-state index contributed by atoms with van der Waals surface area (Å²) in [7, 11) is 1.53. The van der Waals surface area contributed by atoms with Crippen LogP contribution in [0.4, 0.5) is 10.8 Å². The molecule has 0 bridgehead atoms. The van der Waals surface area contributed by atoms with Gasteiger partial charge in [0.05, 0.1) is 12.7 Å². The van der Waals surface area contributed by atoms with E-state index in [-0.39, 0.29) is 5.91 Å². The van der Waals surface area contributed by atoms with E-state index in [9.17, 15) is 4.79 Å². The Labute approximate surface area is 114 Å². The number of rotatable bonds is 4. The molecule has 3 N–H and O–H groups in total. The van der Waals surface area contributed by atoms with Crippen molar-refractivity contribution in [3.63, 3.8) is 0 Å². The monoisotopic (exact) mass is 278 g/mol. The molecule has 7 heteroatoms. The van der Waals surface area contributed by atoms with Crippen molar-refractivity contribution in [3.8, 4) is 5.75 Å². The molecule has 0 aliphatic rings. The van der Waals surface area contributed by atoms with E-state index in [1.807, 2.05) is 6.92 Å². The topological polar surface area (TPSA) is 90.1 Å². The molecule has 0 atom stereocenters. The number of benzene rings is 1. The lowest BCUT2D eigenvalue weighted by Crippen LogP contribution is -2.14. The predicted octanol–water partition coefficient (Wildman–Crippen LogP) is 1.94. The van der Waals surface area contributed by atoms with E-state index in [2.05, 4.69) is 15.5 Å². The fourth-order valence-electron chi connectivity index (χ4n) is 1.47. The third-order valence-corrected chi connectivity index (χ3v) is 3.48. The minimum absolute atomic E-state index is 0.324. The molecule has 0 aliphatic heterocycles. The second-order valence-electron chi connectivity index (χ2n) is 3.76. The number of nitrogens with two attached hydrogens (primary N) is 1. The molecule has 19 heavy (non-hydrogen) atoms. The van der Waals surface area contributed by atoms with E-state index >= 15 is 0 Å². The molecule has 0 saturated heterocycles. The Balaban J connectivity index is 2.19. The fourth-order valence-corrected chi connectivity index (χ4v) is 2.15. The number of aromatic nitrogens is 2. The number of nitrogens with one attached hydrogen (secondary N) is 1. The Kier molecular flexibility index (Phi) is 3.96. The lowest BCUT2D eigenvalue weighted by atomic mass is 10.1. The van der Waals surface area contributed by atoms with E-state index < -0.39 is 0 Å². The van der Waals surface area contributed by atoms with E-state index in [4.69, 9.17) is 10.5 Å². The molecule has 0 spiro atoms. The number of ether oxygens (including phenoxy) is 1. The molecule has 1 heterocycles. The van der Waals surface area contributed by atoms with Gasteiger partial charge in [0.15, 0.2) is 0 Å². The van der Waals surface area contributed by atoms with Crippen LogP contribution in [0.25, 0.3) is 0 Å². The summed E-state index contributed by atoms with van der Waals surface area (Å²) >= 11 is 1.35. The summed E-state index contributed by atoms with van der Waals surface area (Å²) < 4.78 is 5.07. The van der Waals surface area contributed by atoms with E-state index in [1.165, 1.54) is 18.4 Å². The van der Waals surface area contributed by atoms with Gasteiger partial charge >= 0.3 is 0 Å². The van der Waals surface area contributed by atoms with Crippen molar-refractivity contribution in [2.24, 2.45) is 0 Å². The van der Waals surface area contributed by atoms with Crippen molar-refractivity contribution in [2.45, 2.75) is 13.3 Å². The molecule has 1 amide bonds. The van der Waals surface area contributed by atoms with Crippen molar-refractivity contribution in [2.75, 3.05) is 18.2 Å². The van der Waals surface area contributed by atoms with Gasteiger partial charge in [0.2, 0.25) is 5.13 Å². The van der Waals surface area contributed by atoms with E-state index in [1.54, 1.807) is 18.2 Å². The van der Waals surface area contributed by atoms with Gasteiger partial charge in [-0.2, -0.15) is 0 Å². The summed E-state index contributed by atoms with van der Waals surface area (Å²) in [6.07, 6.45) is 0.787. The quantitative estimate of drug-likeness (QED) is 0.834. The normalized spacial score (nSPS) is 10.2. The molecule has 0 saturated carbocycles. The maximum absolute atomic E-state index is 12.1. The highest BCUT2D eigenvalue weighted by Gasteiger charge is 2.13. The van der Waals surface area contributed by atoms with Crippen LogP contribution in [-0.2, 0) is 6.42 Å². The Morgan fingerprint density at radius 1 is 1.47 bits per heavy atom. The van der Waals surface area contributed by atoms with Crippen LogP contribution in [0.2, 0.25) is 0 Å². The smallest absolute Gasteiger partial charge is 0.259 e. The molecule has 0 aliphatic carbocycles. The first-order chi connectivity index (χ1) is 9.13. The highest BCUT2D eigenvalue weighted by atomic mass is 32.1. The number of methoxy groups -OCH3 is 1. The molecular weight excluding hydrogens is 264 g/mol. The van der Waals surface area contributed by atoms with Crippen LogP contribution < -0.4 is 15.8 Å². The molecule has 0 unspecified atom stereocenters. The fraction of sp³-hybridized carbons (Fsp3) is 0.250. The summed E-state index contributed by atoms with van der Waals surface area (Å²) in [5.74, 6) is 0.251. The molecule has 2 aromatic rings. The van der Waals surface area contributed by atoms with Gasteiger partial charge in [0, 0.05) is 5.69 Å². The molecule has 0 radical (unpaired) electrons. The van der Waals surface area contributed by atoms with Gasteiger partial charge in [-0.25, -0.2) is 0 Å². The first-order valence-corrected chi connectivity index (χ1v) is 6.53. The first kappa shape index (κ1) is 13.3. The number of carbonyl (C=O) groups excluding carboxylic acids is 1. The van der Waals surface area contributed by atoms with Gasteiger partial charge in [0.25, 0.3) is 5.91 Å². The number of carbonyl (C=O) groups is 1. The van der Waals surface area contributed by atoms with Gasteiger partial charge in [0.1, 0.15) is 10.8 Å². The molecular formula is C12H14N4O2S. The van der Waals surface area contributed by atoms with Crippen molar-refractivity contribution in [3.05, 3.63) is 28.8 Å². The Bertz CT molecular complexity index is 597. The van der Waals surface area contributed by atoms with Crippen LogP contribution in [0.1, 0.15) is 22.3 Å². The lowest BCUT2D eigenvalue weighted by molar-refractivity contribution is 0.102. The highest BCUT2D eigenvalue weighted by molar-refractivity contribution is 7.15. The predicted molar refractivity (Wildman–Crippen MR) is 74.6 cm³/mol. The molecule has 1 aromatic carbocycles. The number of nitrogen functional groups attached to an aromatic ring is 1. The molecule has 2 rings (SSSR count). The minimum Gasteiger partial charge on any atom is -0.497 e. The van der Waals surface area contributed by atoms with E-state index in [0.717, 1.165) is 11.4 Å². The lowest BCUT2D eigenvalue weighted by Gasteiger charge is -2.07. The summed E-state index contributed by atoms with van der Waals surface area (Å²) in [5, 5.41) is 11.8. The number of aryl methyl sites for hydroxylation is 1. The van der Waals surface area contributed by atoms with E-state index in [0.29, 0.717) is 22.1 Å². The van der Waals surface area contributed by atoms with Crippen molar-refractivity contribution in [1.29, 1.82) is 0 Å². The average molecular weight is 278 g/mol. The van der Waals surface area contributed by atoms with Crippen molar-refractivity contribution >= 4 is 28.1 Å². The maximum Gasteiger partial charge on any atom is 0.259 e. The summed E-state index contributed by atoms with van der Waals surface area (Å²) in [5.41, 5.74) is 6.52. The zero-order valence-electron chi connectivity index (χ0n) is 10.6. The SMILES string of the molecule is CCc1nnc(NC(=O)c2cc(OC)ccc2N)s1. The van der Waals surface area contributed by atoms with Crippen LogP contribution in [0.5, 0.6) is 5.75 Å². The van der Waals surface area contributed by atoms with Crippen LogP contribution in [0, 0.1) is 0 Å². The minimum atomic E-state index is -0.324. The number of nitrogens with zero attached hydrogens (tertiary/aromatic N) is 2. The summed E-state index contributed by atoms with van der Waals surface area (Å²) in [6, 6.07) is 4.92. The van der Waals surface area contributed by atoms with Crippen LogP contribution in [0.3, 0.4) is 0 Å². The summed E-state index contributed by atoms with van der Waals surface area (Å²) in [6.45, 7) is 1.98. The molecule has 100 valence electrons. The van der Waals surface area contributed by atoms with Gasteiger partial charge in [-0.1, -0.05) is 18.3 Å². The van der Waals surface area contributed by atoms with Crippen LogP contribution >= 0.6 is 11.3 Å². The van der Waals surface area contributed by atoms with Gasteiger partial charge in [-0.3, -0.25) is 10.1 Å². The second-order valence-corrected chi connectivity index (χ2v) is 4.82. The van der Waals surface area contributed by atoms with Gasteiger partial charge < -0.3 is 10.5 Å². The Hall–Kier alpha value is -2.15. The van der Waals surface area contributed by atoms with Crippen molar-refractivity contribution in [1.82, 2.24) is 10.2 Å². The Morgan fingerprint density at radius 2 is 2.26 bits per heavy atom. The highest BCUT2D eigenvalue weighted by Crippen LogP contribution is 2.22. The number of anilines is 2. The third-order valence-electron chi connectivity index (χ3n) is 2.49. The van der Waals surface area contributed by atoms with Crippen LogP contribution in [0.15, 0.2) is 18.2 Å². The zero-order valence-corrected chi connectivity index (χ0v) is 11.5. The molecule has 1 aromatic heterocycles. The van der Waals surface area contributed by atoms with Crippen LogP contribution in [-0.4, -0.2) is 23.2 Å². The number of hydrogen-bond acceptors (Lipinski definition) is 6. The van der Waals surface area contributed by atoms with Crippen molar-refractivity contribution < 1.29 is 9.53 Å². The maximum atomic E-state index is 12.1. The first-order valence-electron chi connectivity index (χ1n) is 5.71. The zero-order chi connectivity index (χ0) is 13.8. The average Bonchev–Trinajstić information content (AvgIpc) is 2.87. The Morgan fingerprint density at radius 3 is 2.89 bits per heavy atom. The number of amides is 1. The standard InChI is InChI=1S/C12H14N4O2S/c1-3-10-15-16-12(19-10)14-11(17)8-6-7(18-2)4-5-9(8)13/h4-6H,3,13H2,1-2H3,(H,14,16,17). The largest absolute Gasteiger partial charge is 0.497 e. The molecule has 6 nitrogen and oxygen atoms in total. The van der Waals surface area contributed by atoms with Gasteiger partial charge in [-0.15, -0.1) is 10.2 Å². The second kappa shape index (κ2) is 5.66. The number of hydrogen-bond donors (Lipinski definition) is 2. The third kappa shape index (κ3) is 3.00. The molecule has 0 fully saturated rings.